The van der Waals surface area contributed by atoms with E-state index in [1.165, 1.54) is 6.42 Å². The first kappa shape index (κ1) is 12.9. The largest absolute Gasteiger partial charge is 0.355 e. The summed E-state index contributed by atoms with van der Waals surface area (Å²) in [5.74, 6) is 0. The lowest BCUT2D eigenvalue weighted by Crippen LogP contribution is -2.53. The van der Waals surface area contributed by atoms with Crippen LogP contribution in [-0.2, 0) is 9.47 Å². The van der Waals surface area contributed by atoms with E-state index in [9.17, 15) is 0 Å². The highest BCUT2D eigenvalue weighted by Crippen LogP contribution is 2.11. The summed E-state index contributed by atoms with van der Waals surface area (Å²) in [6, 6.07) is 0.674. The summed E-state index contributed by atoms with van der Waals surface area (Å²) in [6.07, 6.45) is 1.11. The Balaban J connectivity index is 2.37. The number of hydrogen-bond acceptors (Lipinski definition) is 4. The van der Waals surface area contributed by atoms with Crippen LogP contribution in [-0.4, -0.2) is 69.6 Å². The number of ether oxygens (including phenoxy) is 2. The molecule has 1 fully saturated rings. The molecule has 4 heteroatoms. The van der Waals surface area contributed by atoms with Gasteiger partial charge in [-0.15, -0.1) is 0 Å². The number of nitrogens with zero attached hydrogens (tertiary/aromatic N) is 2. The fourth-order valence-electron chi connectivity index (χ4n) is 2.07. The molecule has 1 saturated heterocycles. The van der Waals surface area contributed by atoms with Gasteiger partial charge in [-0.05, 0) is 13.5 Å². The van der Waals surface area contributed by atoms with Gasteiger partial charge < -0.3 is 14.4 Å². The van der Waals surface area contributed by atoms with Gasteiger partial charge in [0.15, 0.2) is 6.29 Å². The smallest absolute Gasteiger partial charge is 0.169 e. The van der Waals surface area contributed by atoms with Gasteiger partial charge in [0.1, 0.15) is 0 Å². The van der Waals surface area contributed by atoms with Crippen LogP contribution in [0.4, 0.5) is 0 Å². The lowest BCUT2D eigenvalue weighted by molar-refractivity contribution is -0.121. The monoisotopic (exact) mass is 216 g/mol. The SMILES string of the molecule is CCC1CN(CC(OC)OC)CCN1C. The van der Waals surface area contributed by atoms with Gasteiger partial charge in [-0.1, -0.05) is 6.92 Å². The molecule has 0 saturated carbocycles. The zero-order valence-corrected chi connectivity index (χ0v) is 10.4. The lowest BCUT2D eigenvalue weighted by Gasteiger charge is -2.39. The number of likely N-dealkylation sites (N-methyl/N-ethyl adjacent to an activating group) is 1. The Morgan fingerprint density at radius 2 is 1.93 bits per heavy atom. The minimum absolute atomic E-state index is 0.0917. The highest BCUT2D eigenvalue weighted by molar-refractivity contribution is 4.79. The molecule has 1 heterocycles. The van der Waals surface area contributed by atoms with Gasteiger partial charge in [-0.25, -0.2) is 0 Å². The second-order valence-electron chi connectivity index (χ2n) is 4.20. The summed E-state index contributed by atoms with van der Waals surface area (Å²) < 4.78 is 10.4. The van der Waals surface area contributed by atoms with E-state index in [2.05, 4.69) is 23.8 Å². The van der Waals surface area contributed by atoms with E-state index in [0.717, 1.165) is 26.2 Å². The fourth-order valence-corrected chi connectivity index (χ4v) is 2.07. The fraction of sp³-hybridized carbons (Fsp3) is 1.00. The van der Waals surface area contributed by atoms with E-state index in [-0.39, 0.29) is 6.29 Å². The van der Waals surface area contributed by atoms with Crippen LogP contribution in [0.25, 0.3) is 0 Å². The third-order valence-electron chi connectivity index (χ3n) is 3.27. The topological polar surface area (TPSA) is 24.9 Å². The third kappa shape index (κ3) is 3.72. The molecule has 0 N–H and O–H groups in total. The van der Waals surface area contributed by atoms with Crippen molar-refractivity contribution >= 4 is 0 Å². The Labute approximate surface area is 93.1 Å². The van der Waals surface area contributed by atoms with Crippen molar-refractivity contribution in [1.29, 1.82) is 0 Å². The van der Waals surface area contributed by atoms with E-state index < -0.39 is 0 Å². The molecular weight excluding hydrogens is 192 g/mol. The molecule has 1 aliphatic heterocycles. The maximum absolute atomic E-state index is 5.22. The summed E-state index contributed by atoms with van der Waals surface area (Å²) >= 11 is 0. The van der Waals surface area contributed by atoms with Crippen LogP contribution in [0.2, 0.25) is 0 Å². The van der Waals surface area contributed by atoms with E-state index in [4.69, 9.17) is 9.47 Å². The zero-order chi connectivity index (χ0) is 11.3. The quantitative estimate of drug-likeness (QED) is 0.629. The van der Waals surface area contributed by atoms with Crippen molar-refractivity contribution in [2.45, 2.75) is 25.7 Å². The minimum Gasteiger partial charge on any atom is -0.355 e. The van der Waals surface area contributed by atoms with Crippen molar-refractivity contribution in [3.05, 3.63) is 0 Å². The van der Waals surface area contributed by atoms with Crippen LogP contribution in [0, 0.1) is 0 Å². The molecule has 0 amide bonds. The van der Waals surface area contributed by atoms with Crippen molar-refractivity contribution in [1.82, 2.24) is 9.80 Å². The number of hydrogen-bond donors (Lipinski definition) is 0. The van der Waals surface area contributed by atoms with Crippen molar-refractivity contribution < 1.29 is 9.47 Å². The summed E-state index contributed by atoms with van der Waals surface area (Å²) in [5, 5.41) is 0. The lowest BCUT2D eigenvalue weighted by atomic mass is 10.1. The number of piperazine rings is 1. The van der Waals surface area contributed by atoms with Gasteiger partial charge in [0.05, 0.1) is 0 Å². The van der Waals surface area contributed by atoms with Gasteiger partial charge in [0, 0.05) is 46.4 Å². The summed E-state index contributed by atoms with van der Waals surface area (Å²) in [7, 11) is 5.60. The van der Waals surface area contributed by atoms with Crippen molar-refractivity contribution in [3.63, 3.8) is 0 Å². The van der Waals surface area contributed by atoms with Crippen LogP contribution >= 0.6 is 0 Å². The molecule has 4 nitrogen and oxygen atoms in total. The summed E-state index contributed by atoms with van der Waals surface area (Å²) in [4.78, 5) is 4.86. The van der Waals surface area contributed by atoms with Gasteiger partial charge in [-0.2, -0.15) is 0 Å². The Kier molecular flexibility index (Phi) is 5.53. The highest BCUT2D eigenvalue weighted by atomic mass is 16.7. The molecule has 0 aromatic heterocycles. The zero-order valence-electron chi connectivity index (χ0n) is 10.4. The predicted molar refractivity (Wildman–Crippen MR) is 61.0 cm³/mol. The second-order valence-corrected chi connectivity index (χ2v) is 4.20. The van der Waals surface area contributed by atoms with Crippen molar-refractivity contribution in [2.24, 2.45) is 0 Å². The highest BCUT2D eigenvalue weighted by Gasteiger charge is 2.24. The standard InChI is InChI=1S/C11H24N2O2/c1-5-10-8-13(7-6-12(10)2)9-11(14-3)15-4/h10-11H,5-9H2,1-4H3. The molecule has 0 aromatic carbocycles. The van der Waals surface area contributed by atoms with E-state index in [1.54, 1.807) is 14.2 Å². The first-order valence-electron chi connectivity index (χ1n) is 5.69. The molecular formula is C11H24N2O2. The van der Waals surface area contributed by atoms with E-state index in [0.29, 0.717) is 6.04 Å². The average molecular weight is 216 g/mol. The van der Waals surface area contributed by atoms with Crippen molar-refractivity contribution in [3.8, 4) is 0 Å². The van der Waals surface area contributed by atoms with E-state index >= 15 is 0 Å². The van der Waals surface area contributed by atoms with Crippen molar-refractivity contribution in [2.75, 3.05) is 47.4 Å². The first-order chi connectivity index (χ1) is 7.21. The van der Waals surface area contributed by atoms with Crippen LogP contribution in [0.1, 0.15) is 13.3 Å². The minimum atomic E-state index is -0.0917. The number of methoxy groups -OCH3 is 2. The molecule has 0 aliphatic carbocycles. The summed E-state index contributed by atoms with van der Waals surface area (Å²) in [6.45, 7) is 6.48. The Hall–Kier alpha value is -0.160. The molecule has 0 radical (unpaired) electrons. The van der Waals surface area contributed by atoms with Crippen LogP contribution in [0.3, 0.4) is 0 Å². The third-order valence-corrected chi connectivity index (χ3v) is 3.27. The van der Waals surface area contributed by atoms with Gasteiger partial charge in [0.2, 0.25) is 0 Å². The van der Waals surface area contributed by atoms with Crippen LogP contribution < -0.4 is 0 Å². The van der Waals surface area contributed by atoms with Gasteiger partial charge in [-0.3, -0.25) is 4.90 Å². The van der Waals surface area contributed by atoms with Crippen LogP contribution in [0.5, 0.6) is 0 Å². The Morgan fingerprint density at radius 1 is 1.27 bits per heavy atom. The van der Waals surface area contributed by atoms with Crippen LogP contribution in [0.15, 0.2) is 0 Å². The summed E-state index contributed by atoms with van der Waals surface area (Å²) in [5.41, 5.74) is 0. The Morgan fingerprint density at radius 3 is 2.47 bits per heavy atom. The molecule has 0 spiro atoms. The molecule has 1 atom stereocenters. The first-order valence-corrected chi connectivity index (χ1v) is 5.69. The number of rotatable bonds is 5. The van der Waals surface area contributed by atoms with Gasteiger partial charge in [0.25, 0.3) is 0 Å². The second kappa shape index (κ2) is 6.43. The Bertz CT molecular complexity index is 172. The molecule has 15 heavy (non-hydrogen) atoms. The molecule has 0 bridgehead atoms. The molecule has 1 aliphatic rings. The molecule has 1 unspecified atom stereocenters. The normalized spacial score (nSPS) is 25.0. The molecule has 90 valence electrons. The molecule has 0 aromatic rings. The average Bonchev–Trinajstić information content (AvgIpc) is 2.28. The van der Waals surface area contributed by atoms with Gasteiger partial charge >= 0.3 is 0 Å². The predicted octanol–water partition coefficient (Wildman–Crippen LogP) is 0.631. The van der Waals surface area contributed by atoms with E-state index in [1.807, 2.05) is 0 Å². The maximum atomic E-state index is 5.22. The maximum Gasteiger partial charge on any atom is 0.169 e. The molecule has 1 rings (SSSR count).